The van der Waals surface area contributed by atoms with E-state index in [-0.39, 0.29) is 16.5 Å². The lowest BCUT2D eigenvalue weighted by atomic mass is 10.1. The van der Waals surface area contributed by atoms with Gasteiger partial charge in [0.25, 0.3) is 0 Å². The van der Waals surface area contributed by atoms with Gasteiger partial charge in [-0.15, -0.1) is 0 Å². The normalized spacial score (nSPS) is 9.08. The van der Waals surface area contributed by atoms with Gasteiger partial charge in [-0.2, -0.15) is 5.26 Å². The number of carbonyl (C=O) groups excluding carboxylic acids is 1. The van der Waals surface area contributed by atoms with Crippen LogP contribution in [0.1, 0.15) is 22.8 Å². The van der Waals surface area contributed by atoms with E-state index in [0.717, 1.165) is 0 Å². The van der Waals surface area contributed by atoms with E-state index in [1.165, 1.54) is 19.2 Å². The van der Waals surface area contributed by atoms with Crippen LogP contribution in [-0.4, -0.2) is 10.8 Å². The fraction of sp³-hybridized carbons (Fsp3) is 0.125. The van der Waals surface area contributed by atoms with Crippen LogP contribution in [0.4, 0.5) is 0 Å². The second kappa shape index (κ2) is 3.33. The maximum absolute atomic E-state index is 10.9. The maximum atomic E-state index is 10.9. The number of aromatic nitrogens is 1. The van der Waals surface area contributed by atoms with Crippen LogP contribution in [0.5, 0.6) is 0 Å². The van der Waals surface area contributed by atoms with Gasteiger partial charge in [0, 0.05) is 11.8 Å². The molecule has 1 aromatic heterocycles. The lowest BCUT2D eigenvalue weighted by molar-refractivity contribution is 0.101. The topological polar surface area (TPSA) is 53.8 Å². The van der Waals surface area contributed by atoms with Gasteiger partial charge in [0.1, 0.15) is 16.8 Å². The Morgan fingerprint density at radius 3 is 2.83 bits per heavy atom. The third-order valence-corrected chi connectivity index (χ3v) is 1.68. The number of hydrogen-bond donors (Lipinski definition) is 0. The Balaban J connectivity index is 3.40. The number of hydrogen-bond acceptors (Lipinski definition) is 3. The number of nitrogens with zero attached hydrogens (tertiary/aromatic N) is 2. The summed E-state index contributed by atoms with van der Waals surface area (Å²) in [7, 11) is 0. The van der Waals surface area contributed by atoms with Crippen LogP contribution < -0.4 is 0 Å². The van der Waals surface area contributed by atoms with Gasteiger partial charge >= 0.3 is 0 Å². The molecule has 12 heavy (non-hydrogen) atoms. The van der Waals surface area contributed by atoms with Crippen molar-refractivity contribution in [3.05, 3.63) is 28.5 Å². The molecule has 0 saturated heterocycles. The first-order valence-corrected chi connectivity index (χ1v) is 3.60. The Hall–Kier alpha value is -1.40. The minimum atomic E-state index is -0.184. The zero-order chi connectivity index (χ0) is 9.14. The highest BCUT2D eigenvalue weighted by molar-refractivity contribution is 6.31. The van der Waals surface area contributed by atoms with Crippen LogP contribution in [0.25, 0.3) is 0 Å². The van der Waals surface area contributed by atoms with Crippen LogP contribution in [0.15, 0.2) is 12.3 Å². The van der Waals surface area contributed by atoms with E-state index in [1.54, 1.807) is 0 Å². The lowest BCUT2D eigenvalue weighted by Crippen LogP contribution is -1.98. The number of ketones is 1. The Labute approximate surface area is 74.6 Å². The smallest absolute Gasteiger partial charge is 0.161 e. The summed E-state index contributed by atoms with van der Waals surface area (Å²) in [5, 5.41) is 8.70. The molecule has 0 aliphatic carbocycles. The molecule has 0 bridgehead atoms. The SMILES string of the molecule is CC(=O)c1ccnc(Cl)c1C#N. The number of rotatable bonds is 1. The standard InChI is InChI=1S/C8H5ClN2O/c1-5(12)6-2-3-11-8(9)7(6)4-10/h2-3H,1H3. The van der Waals surface area contributed by atoms with Crippen molar-refractivity contribution in [1.82, 2.24) is 4.98 Å². The van der Waals surface area contributed by atoms with Crippen LogP contribution in [0, 0.1) is 11.3 Å². The molecule has 0 atom stereocenters. The number of Topliss-reactive ketones (excluding diaryl/α,β-unsaturated/α-hetero) is 1. The van der Waals surface area contributed by atoms with Crippen LogP contribution in [-0.2, 0) is 0 Å². The van der Waals surface area contributed by atoms with Crippen LogP contribution in [0.3, 0.4) is 0 Å². The van der Waals surface area contributed by atoms with E-state index in [0.29, 0.717) is 5.56 Å². The molecule has 0 saturated carbocycles. The average molecular weight is 181 g/mol. The van der Waals surface area contributed by atoms with Gasteiger partial charge in [-0.25, -0.2) is 4.98 Å². The van der Waals surface area contributed by atoms with Crippen LogP contribution in [0.2, 0.25) is 5.15 Å². The van der Waals surface area contributed by atoms with Crippen molar-refractivity contribution in [2.24, 2.45) is 0 Å². The lowest BCUT2D eigenvalue weighted by Gasteiger charge is -1.98. The zero-order valence-corrected chi connectivity index (χ0v) is 7.09. The summed E-state index contributed by atoms with van der Waals surface area (Å²) in [6.45, 7) is 1.38. The predicted octanol–water partition coefficient (Wildman–Crippen LogP) is 1.81. The van der Waals surface area contributed by atoms with Crippen molar-refractivity contribution >= 4 is 17.4 Å². The molecular weight excluding hydrogens is 176 g/mol. The molecule has 0 aliphatic heterocycles. The maximum Gasteiger partial charge on any atom is 0.161 e. The Bertz CT molecular complexity index is 368. The Kier molecular flexibility index (Phi) is 2.41. The van der Waals surface area contributed by atoms with E-state index in [9.17, 15) is 4.79 Å². The van der Waals surface area contributed by atoms with E-state index < -0.39 is 0 Å². The summed E-state index contributed by atoms with van der Waals surface area (Å²) in [5.74, 6) is -0.184. The van der Waals surface area contributed by atoms with Crippen molar-refractivity contribution in [2.45, 2.75) is 6.92 Å². The number of halogens is 1. The first kappa shape index (κ1) is 8.69. The predicted molar refractivity (Wildman–Crippen MR) is 44.0 cm³/mol. The highest BCUT2D eigenvalue weighted by Gasteiger charge is 2.10. The summed E-state index contributed by atoms with van der Waals surface area (Å²) in [6.07, 6.45) is 1.40. The number of nitriles is 1. The van der Waals surface area contributed by atoms with E-state index in [1.807, 2.05) is 6.07 Å². The van der Waals surface area contributed by atoms with Gasteiger partial charge in [0.2, 0.25) is 0 Å². The van der Waals surface area contributed by atoms with Gasteiger partial charge in [-0.05, 0) is 13.0 Å². The monoisotopic (exact) mass is 180 g/mol. The summed E-state index contributed by atoms with van der Waals surface area (Å²) in [5.41, 5.74) is 0.462. The largest absolute Gasteiger partial charge is 0.294 e. The van der Waals surface area contributed by atoms with Gasteiger partial charge in [0.15, 0.2) is 5.78 Å². The molecule has 3 nitrogen and oxygen atoms in total. The van der Waals surface area contributed by atoms with Crippen molar-refractivity contribution in [3.8, 4) is 6.07 Å². The fourth-order valence-corrected chi connectivity index (χ4v) is 1.04. The quantitative estimate of drug-likeness (QED) is 0.489. The summed E-state index contributed by atoms with van der Waals surface area (Å²) >= 11 is 5.59. The molecule has 60 valence electrons. The van der Waals surface area contributed by atoms with Crippen molar-refractivity contribution in [3.63, 3.8) is 0 Å². The molecule has 4 heteroatoms. The molecule has 0 aromatic carbocycles. The molecule has 0 aliphatic rings. The average Bonchev–Trinajstić information content (AvgIpc) is 2.03. The van der Waals surface area contributed by atoms with Crippen LogP contribution >= 0.6 is 11.6 Å². The zero-order valence-electron chi connectivity index (χ0n) is 6.34. The van der Waals surface area contributed by atoms with Crippen molar-refractivity contribution < 1.29 is 4.79 Å². The van der Waals surface area contributed by atoms with Crippen molar-refractivity contribution in [2.75, 3.05) is 0 Å². The molecule has 1 rings (SSSR count). The van der Waals surface area contributed by atoms with Gasteiger partial charge in [-0.3, -0.25) is 4.79 Å². The fourth-order valence-electron chi connectivity index (χ4n) is 0.836. The molecule has 1 aromatic rings. The minimum Gasteiger partial charge on any atom is -0.294 e. The molecule has 1 heterocycles. The van der Waals surface area contributed by atoms with E-state index in [2.05, 4.69) is 4.98 Å². The second-order valence-electron chi connectivity index (χ2n) is 2.19. The highest BCUT2D eigenvalue weighted by Crippen LogP contribution is 2.16. The summed E-state index contributed by atoms with van der Waals surface area (Å²) in [4.78, 5) is 14.6. The molecule has 0 spiro atoms. The van der Waals surface area contributed by atoms with E-state index >= 15 is 0 Å². The van der Waals surface area contributed by atoms with Gasteiger partial charge in [-0.1, -0.05) is 11.6 Å². The third-order valence-electron chi connectivity index (χ3n) is 1.40. The molecule has 0 unspecified atom stereocenters. The first-order valence-electron chi connectivity index (χ1n) is 3.22. The number of pyridine rings is 1. The summed E-state index contributed by atoms with van der Waals surface area (Å²) in [6, 6.07) is 3.31. The molecule has 0 amide bonds. The highest BCUT2D eigenvalue weighted by atomic mass is 35.5. The minimum absolute atomic E-state index is 0.0743. The molecule has 0 fully saturated rings. The van der Waals surface area contributed by atoms with Gasteiger partial charge in [0.05, 0.1) is 0 Å². The Morgan fingerprint density at radius 2 is 2.42 bits per heavy atom. The van der Waals surface area contributed by atoms with Crippen molar-refractivity contribution in [1.29, 1.82) is 5.26 Å². The Morgan fingerprint density at radius 1 is 1.75 bits per heavy atom. The molecular formula is C8H5ClN2O. The van der Waals surface area contributed by atoms with Gasteiger partial charge < -0.3 is 0 Å². The first-order chi connectivity index (χ1) is 5.66. The molecule has 0 N–H and O–H groups in total. The third kappa shape index (κ3) is 1.44. The molecule has 0 radical (unpaired) electrons. The summed E-state index contributed by atoms with van der Waals surface area (Å²) < 4.78 is 0. The van der Waals surface area contributed by atoms with E-state index in [4.69, 9.17) is 16.9 Å². The number of carbonyl (C=O) groups is 1. The second-order valence-corrected chi connectivity index (χ2v) is 2.55.